The Bertz CT molecular complexity index is 1350. The van der Waals surface area contributed by atoms with Gasteiger partial charge in [-0.05, 0) is 57.9 Å². The maximum absolute atomic E-state index is 12.3. The summed E-state index contributed by atoms with van der Waals surface area (Å²) in [5, 5.41) is 9.64. The van der Waals surface area contributed by atoms with Crippen LogP contribution in [0.3, 0.4) is 0 Å². The average molecular weight is 512 g/mol. The van der Waals surface area contributed by atoms with Crippen molar-refractivity contribution in [2.75, 3.05) is 7.11 Å². The van der Waals surface area contributed by atoms with Crippen molar-refractivity contribution in [1.82, 2.24) is 15.0 Å². The Kier molecular flexibility index (Phi) is 7.25. The molecule has 2 heterocycles. The number of esters is 1. The van der Waals surface area contributed by atoms with Gasteiger partial charge in [0.2, 0.25) is 0 Å². The van der Waals surface area contributed by atoms with Crippen molar-refractivity contribution in [1.29, 1.82) is 5.26 Å². The maximum Gasteiger partial charge on any atom is 0.343 e. The second-order valence-electron chi connectivity index (χ2n) is 6.45. The van der Waals surface area contributed by atoms with Crippen LogP contribution in [0, 0.1) is 11.3 Å². The Morgan fingerprint density at radius 1 is 1.16 bits per heavy atom. The molecule has 0 aliphatic heterocycles. The number of nitriles is 1. The van der Waals surface area contributed by atoms with Crippen LogP contribution >= 0.6 is 28.3 Å². The van der Waals surface area contributed by atoms with Gasteiger partial charge in [-0.1, -0.05) is 24.3 Å². The number of rotatable bonds is 5. The standard InChI is InChI=1S/C23H15BrN4O3.ClH/c1-30-20-10-14(7-8-19(20)31-23(29)15-5-3-2-4-6-15)9-16(12-25)21-27-18-11-17(24)13-26-22(18)28-21;/h2-11,13H,1H3,(H,26,27,28);1H/b16-9+;. The Morgan fingerprint density at radius 3 is 2.66 bits per heavy atom. The summed E-state index contributed by atoms with van der Waals surface area (Å²) in [5.74, 6) is 0.567. The molecule has 0 radical (unpaired) electrons. The van der Waals surface area contributed by atoms with E-state index in [9.17, 15) is 10.1 Å². The average Bonchev–Trinajstić information content (AvgIpc) is 3.21. The molecule has 0 unspecified atom stereocenters. The highest BCUT2D eigenvalue weighted by molar-refractivity contribution is 9.10. The lowest BCUT2D eigenvalue weighted by molar-refractivity contribution is 0.0729. The molecule has 2 aromatic heterocycles. The van der Waals surface area contributed by atoms with Gasteiger partial charge in [0.05, 0.1) is 23.8 Å². The van der Waals surface area contributed by atoms with E-state index in [4.69, 9.17) is 9.47 Å². The number of imidazole rings is 1. The first-order valence-electron chi connectivity index (χ1n) is 9.16. The van der Waals surface area contributed by atoms with E-state index in [1.165, 1.54) is 7.11 Å². The fourth-order valence-electron chi connectivity index (χ4n) is 2.91. The maximum atomic E-state index is 12.3. The molecule has 32 heavy (non-hydrogen) atoms. The van der Waals surface area contributed by atoms with Crippen molar-refractivity contribution in [3.05, 3.63) is 82.2 Å². The zero-order chi connectivity index (χ0) is 21.8. The molecule has 2 aromatic carbocycles. The van der Waals surface area contributed by atoms with Gasteiger partial charge < -0.3 is 14.5 Å². The molecule has 160 valence electrons. The van der Waals surface area contributed by atoms with Gasteiger partial charge in [0, 0.05) is 10.7 Å². The van der Waals surface area contributed by atoms with E-state index in [0.717, 1.165) is 4.47 Å². The predicted molar refractivity (Wildman–Crippen MR) is 127 cm³/mol. The van der Waals surface area contributed by atoms with E-state index in [-0.39, 0.29) is 18.2 Å². The minimum Gasteiger partial charge on any atom is -0.493 e. The highest BCUT2D eigenvalue weighted by Crippen LogP contribution is 2.30. The van der Waals surface area contributed by atoms with E-state index in [2.05, 4.69) is 37.0 Å². The van der Waals surface area contributed by atoms with Gasteiger partial charge in [0.1, 0.15) is 6.07 Å². The van der Waals surface area contributed by atoms with Gasteiger partial charge >= 0.3 is 5.97 Å². The molecule has 0 aliphatic carbocycles. The Labute approximate surface area is 198 Å². The van der Waals surface area contributed by atoms with Crippen LogP contribution in [0.4, 0.5) is 0 Å². The second-order valence-corrected chi connectivity index (χ2v) is 7.36. The zero-order valence-electron chi connectivity index (χ0n) is 16.7. The lowest BCUT2D eigenvalue weighted by Crippen LogP contribution is -2.09. The van der Waals surface area contributed by atoms with E-state index in [1.54, 1.807) is 54.7 Å². The molecule has 0 bridgehead atoms. The van der Waals surface area contributed by atoms with Crippen molar-refractivity contribution in [2.45, 2.75) is 0 Å². The van der Waals surface area contributed by atoms with Crippen LogP contribution in [0.5, 0.6) is 11.5 Å². The molecule has 0 aliphatic rings. The summed E-state index contributed by atoms with van der Waals surface area (Å²) in [6.45, 7) is 0. The Balaban J connectivity index is 0.00000289. The van der Waals surface area contributed by atoms with Gasteiger partial charge in [-0.2, -0.15) is 5.26 Å². The smallest absolute Gasteiger partial charge is 0.343 e. The number of carbonyl (C=O) groups excluding carboxylic acids is 1. The van der Waals surface area contributed by atoms with E-state index >= 15 is 0 Å². The number of ether oxygens (including phenoxy) is 2. The third kappa shape index (κ3) is 4.97. The molecule has 4 rings (SSSR count). The molecule has 0 atom stereocenters. The third-order valence-corrected chi connectivity index (χ3v) is 4.82. The molecule has 4 aromatic rings. The summed E-state index contributed by atoms with van der Waals surface area (Å²) < 4.78 is 11.6. The number of aromatic amines is 1. The van der Waals surface area contributed by atoms with Crippen LogP contribution in [0.25, 0.3) is 22.8 Å². The highest BCUT2D eigenvalue weighted by Gasteiger charge is 2.14. The molecule has 0 saturated heterocycles. The number of halogens is 2. The third-order valence-electron chi connectivity index (χ3n) is 4.39. The number of carbonyl (C=O) groups is 1. The molecule has 0 fully saturated rings. The Morgan fingerprint density at radius 2 is 1.94 bits per heavy atom. The topological polar surface area (TPSA) is 101 Å². The number of hydrogen-bond acceptors (Lipinski definition) is 6. The number of hydrogen-bond donors (Lipinski definition) is 1. The normalized spacial score (nSPS) is 10.8. The van der Waals surface area contributed by atoms with Crippen molar-refractivity contribution in [3.63, 3.8) is 0 Å². The number of nitrogens with zero attached hydrogens (tertiary/aromatic N) is 3. The first-order chi connectivity index (χ1) is 15.1. The van der Waals surface area contributed by atoms with Crippen molar-refractivity contribution in [2.24, 2.45) is 0 Å². The number of pyridine rings is 1. The molecule has 1 N–H and O–H groups in total. The van der Waals surface area contributed by atoms with Gasteiger partial charge in [-0.25, -0.2) is 14.8 Å². The van der Waals surface area contributed by atoms with E-state index in [1.807, 2.05) is 12.1 Å². The molecule has 0 saturated carbocycles. The molecule has 9 heteroatoms. The number of H-pyrrole nitrogens is 1. The molecule has 7 nitrogen and oxygen atoms in total. The van der Waals surface area contributed by atoms with Crippen LogP contribution in [-0.2, 0) is 0 Å². The molecular formula is C23H16BrClN4O3. The van der Waals surface area contributed by atoms with Crippen molar-refractivity contribution < 1.29 is 14.3 Å². The Hall–Kier alpha value is -3.67. The predicted octanol–water partition coefficient (Wildman–Crippen LogP) is 5.43. The van der Waals surface area contributed by atoms with Crippen LogP contribution in [0.2, 0.25) is 0 Å². The van der Waals surface area contributed by atoms with Crippen LogP contribution in [0.1, 0.15) is 21.7 Å². The summed E-state index contributed by atoms with van der Waals surface area (Å²) in [6, 6.07) is 17.7. The fourth-order valence-corrected chi connectivity index (χ4v) is 3.24. The van der Waals surface area contributed by atoms with Gasteiger partial charge in [0.25, 0.3) is 0 Å². The van der Waals surface area contributed by atoms with Crippen LogP contribution < -0.4 is 9.47 Å². The minimum atomic E-state index is -0.485. The lowest BCUT2D eigenvalue weighted by atomic mass is 10.1. The highest BCUT2D eigenvalue weighted by atomic mass is 79.9. The quantitative estimate of drug-likeness (QED) is 0.218. The SMILES string of the molecule is COc1cc(/C=C(\C#N)c2nc3ncc(Br)cc3[nH]2)ccc1OC(=O)c1ccccc1.Cl. The first-order valence-corrected chi connectivity index (χ1v) is 9.95. The molecule has 0 amide bonds. The molecular weight excluding hydrogens is 496 g/mol. The molecule has 0 spiro atoms. The zero-order valence-corrected chi connectivity index (χ0v) is 19.1. The van der Waals surface area contributed by atoms with Crippen molar-refractivity contribution >= 4 is 57.1 Å². The number of benzene rings is 2. The first kappa shape index (κ1) is 23.0. The summed E-state index contributed by atoms with van der Waals surface area (Å²) in [7, 11) is 1.48. The number of nitrogens with one attached hydrogen (secondary N) is 1. The van der Waals surface area contributed by atoms with E-state index < -0.39 is 5.97 Å². The number of fused-ring (bicyclic) bond motifs is 1. The van der Waals surface area contributed by atoms with Gasteiger partial charge in [-0.15, -0.1) is 12.4 Å². The number of methoxy groups -OCH3 is 1. The van der Waals surface area contributed by atoms with E-state index in [0.29, 0.717) is 39.4 Å². The van der Waals surface area contributed by atoms with Crippen molar-refractivity contribution in [3.8, 4) is 17.6 Å². The number of aromatic nitrogens is 3. The summed E-state index contributed by atoms with van der Waals surface area (Å²) >= 11 is 3.36. The number of allylic oxidation sites excluding steroid dienone is 1. The van der Waals surface area contributed by atoms with Crippen LogP contribution in [-0.4, -0.2) is 28.0 Å². The second kappa shape index (κ2) is 10.1. The monoisotopic (exact) mass is 510 g/mol. The van der Waals surface area contributed by atoms with Gasteiger partial charge in [-0.3, -0.25) is 0 Å². The minimum absolute atomic E-state index is 0. The largest absolute Gasteiger partial charge is 0.493 e. The van der Waals surface area contributed by atoms with Crippen LogP contribution in [0.15, 0.2) is 65.3 Å². The summed E-state index contributed by atoms with van der Waals surface area (Å²) in [4.78, 5) is 24.0. The fraction of sp³-hybridized carbons (Fsp3) is 0.0435. The van der Waals surface area contributed by atoms with Gasteiger partial charge in [0.15, 0.2) is 23.0 Å². The summed E-state index contributed by atoms with van der Waals surface area (Å²) in [5.41, 5.74) is 2.67. The lowest BCUT2D eigenvalue weighted by Gasteiger charge is -2.10. The summed E-state index contributed by atoms with van der Waals surface area (Å²) in [6.07, 6.45) is 3.31.